The van der Waals surface area contributed by atoms with Crippen LogP contribution in [-0.2, 0) is 6.11 Å². The van der Waals surface area contributed by atoms with Crippen molar-refractivity contribution in [3.05, 3.63) is 70.3 Å². The molecule has 10 heteroatoms. The number of ether oxygens (including phenoxy) is 1. The number of allylic oxidation sites excluding steroid dienone is 1. The minimum atomic E-state index is -4.86. The number of aryl methyl sites for hydroxylation is 1. The molecule has 0 aliphatic heterocycles. The Morgan fingerprint density at radius 3 is 1.70 bits per heavy atom. The van der Waals surface area contributed by atoms with Gasteiger partial charge in [-0.15, -0.1) is 0 Å². The molecule has 0 saturated heterocycles. The molecular weight excluding hydrogens is 391 g/mol. The Hall–Kier alpha value is -2.65. The zero-order chi connectivity index (χ0) is 20.6. The first kappa shape index (κ1) is 20.7. The summed E-state index contributed by atoms with van der Waals surface area (Å²) in [6, 6.07) is 1.53. The summed E-state index contributed by atoms with van der Waals surface area (Å²) in [5.41, 5.74) is -2.94. The second kappa shape index (κ2) is 7.16. The maximum atomic E-state index is 14.1. The van der Waals surface area contributed by atoms with Gasteiger partial charge in [-0.2, -0.15) is 22.0 Å². The van der Waals surface area contributed by atoms with Crippen molar-refractivity contribution in [1.82, 2.24) is 0 Å². The molecule has 0 unspecified atom stereocenters. The molecule has 2 aromatic carbocycles. The van der Waals surface area contributed by atoms with Crippen LogP contribution in [-0.4, -0.2) is 6.18 Å². The van der Waals surface area contributed by atoms with E-state index in [1.165, 1.54) is 6.92 Å². The fourth-order valence-corrected chi connectivity index (χ4v) is 2.13. The van der Waals surface area contributed by atoms with Crippen LogP contribution in [0.2, 0.25) is 0 Å². The van der Waals surface area contributed by atoms with Crippen molar-refractivity contribution < 1.29 is 44.3 Å². The van der Waals surface area contributed by atoms with Crippen molar-refractivity contribution in [2.24, 2.45) is 0 Å². The van der Waals surface area contributed by atoms with Crippen LogP contribution in [0.25, 0.3) is 6.08 Å². The molecule has 0 aliphatic carbocycles. The number of hydrogen-bond acceptors (Lipinski definition) is 1. The van der Waals surface area contributed by atoms with E-state index in [2.05, 4.69) is 4.74 Å². The third kappa shape index (κ3) is 4.95. The lowest BCUT2D eigenvalue weighted by molar-refractivity contribution is -0.189. The fourth-order valence-electron chi connectivity index (χ4n) is 2.13. The summed E-state index contributed by atoms with van der Waals surface area (Å²) in [5.74, 6) is -7.78. The van der Waals surface area contributed by atoms with Gasteiger partial charge in [0.1, 0.15) is 34.6 Å². The molecule has 146 valence electrons. The van der Waals surface area contributed by atoms with Crippen molar-refractivity contribution in [3.8, 4) is 5.75 Å². The average Bonchev–Trinajstić information content (AvgIpc) is 2.42. The Kier molecular flexibility index (Phi) is 5.48. The molecule has 0 heterocycles. The van der Waals surface area contributed by atoms with Crippen LogP contribution in [0.4, 0.5) is 39.5 Å². The predicted molar refractivity (Wildman–Crippen MR) is 77.1 cm³/mol. The first-order chi connectivity index (χ1) is 12.3. The largest absolute Gasteiger partial charge is 0.432 e. The zero-order valence-electron chi connectivity index (χ0n) is 13.3. The molecule has 0 amide bonds. The highest BCUT2D eigenvalue weighted by Crippen LogP contribution is 2.36. The van der Waals surface area contributed by atoms with Crippen molar-refractivity contribution in [3.63, 3.8) is 0 Å². The van der Waals surface area contributed by atoms with E-state index in [1.807, 2.05) is 0 Å². The quantitative estimate of drug-likeness (QED) is 0.551. The summed E-state index contributed by atoms with van der Waals surface area (Å²) in [5, 5.41) is 0. The van der Waals surface area contributed by atoms with Gasteiger partial charge >= 0.3 is 12.3 Å². The Balaban J connectivity index is 2.39. The highest BCUT2D eigenvalue weighted by molar-refractivity contribution is 5.53. The maximum Gasteiger partial charge on any atom is 0.432 e. The summed E-state index contributed by atoms with van der Waals surface area (Å²) < 4.78 is 123. The molecule has 0 fully saturated rings. The Labute approximate surface area is 146 Å². The first-order valence-corrected chi connectivity index (χ1v) is 7.08. The third-order valence-electron chi connectivity index (χ3n) is 3.22. The molecule has 2 rings (SSSR count). The van der Waals surface area contributed by atoms with Crippen LogP contribution in [0.1, 0.15) is 16.7 Å². The van der Waals surface area contributed by atoms with E-state index in [-0.39, 0.29) is 23.8 Å². The van der Waals surface area contributed by atoms with Gasteiger partial charge in [-0.25, -0.2) is 17.6 Å². The summed E-state index contributed by atoms with van der Waals surface area (Å²) in [4.78, 5) is 0. The van der Waals surface area contributed by atoms with Crippen molar-refractivity contribution in [1.29, 1.82) is 0 Å². The maximum absolute atomic E-state index is 14.1. The van der Waals surface area contributed by atoms with E-state index < -0.39 is 58.5 Å². The molecule has 1 nitrogen and oxygen atoms in total. The second-order valence-electron chi connectivity index (χ2n) is 5.40. The van der Waals surface area contributed by atoms with E-state index in [1.54, 1.807) is 0 Å². The first-order valence-electron chi connectivity index (χ1n) is 7.08. The Bertz CT molecular complexity index is 838. The lowest BCUT2D eigenvalue weighted by Gasteiger charge is -2.20. The van der Waals surface area contributed by atoms with E-state index in [4.69, 9.17) is 0 Å². The van der Waals surface area contributed by atoms with E-state index in [0.717, 1.165) is 0 Å². The van der Waals surface area contributed by atoms with Crippen LogP contribution in [0.3, 0.4) is 0 Å². The monoisotopic (exact) mass is 400 g/mol. The molecule has 0 saturated carbocycles. The lowest BCUT2D eigenvalue weighted by atomic mass is 10.1. The highest BCUT2D eigenvalue weighted by atomic mass is 19.4. The molecule has 0 radical (unpaired) electrons. The van der Waals surface area contributed by atoms with E-state index in [9.17, 15) is 39.5 Å². The number of halogens is 9. The highest BCUT2D eigenvalue weighted by Gasteiger charge is 2.41. The molecule has 2 aromatic rings. The van der Waals surface area contributed by atoms with Gasteiger partial charge in [-0.3, -0.25) is 0 Å². The Morgan fingerprint density at radius 2 is 1.26 bits per heavy atom. The van der Waals surface area contributed by atoms with E-state index >= 15 is 0 Å². The number of hydrogen-bond donors (Lipinski definition) is 0. The van der Waals surface area contributed by atoms with Crippen LogP contribution in [0, 0.1) is 30.2 Å². The van der Waals surface area contributed by atoms with Crippen LogP contribution >= 0.6 is 0 Å². The molecular formula is C17H9F9O. The zero-order valence-corrected chi connectivity index (χ0v) is 13.3. The van der Waals surface area contributed by atoms with Crippen LogP contribution < -0.4 is 4.74 Å². The normalized spacial score (nSPS) is 12.7. The molecule has 0 spiro atoms. The minimum absolute atomic E-state index is 0.00226. The molecule has 0 aromatic heterocycles. The van der Waals surface area contributed by atoms with Gasteiger partial charge in [0.15, 0.2) is 0 Å². The lowest BCUT2D eigenvalue weighted by Crippen LogP contribution is -2.25. The van der Waals surface area contributed by atoms with E-state index in [0.29, 0.717) is 12.1 Å². The second-order valence-corrected chi connectivity index (χ2v) is 5.40. The van der Waals surface area contributed by atoms with Gasteiger partial charge < -0.3 is 4.74 Å². The summed E-state index contributed by atoms with van der Waals surface area (Å²) in [7, 11) is 0. The molecule has 0 bridgehead atoms. The number of benzene rings is 2. The standard InChI is InChI=1S/C17H9F9O/c1-8-4-13(20)15(14(21)5-8)17(25,26)27-9-6-11(18)10(12(19)7-9)2-3-16(22,23)24/h2-7H,1H3/b3-2+. The fraction of sp³-hybridized carbons (Fsp3) is 0.176. The Morgan fingerprint density at radius 1 is 0.778 bits per heavy atom. The van der Waals surface area contributed by atoms with Gasteiger partial charge in [-0.05, 0) is 30.7 Å². The smallest absolute Gasteiger partial charge is 0.429 e. The third-order valence-corrected chi connectivity index (χ3v) is 3.22. The van der Waals surface area contributed by atoms with Gasteiger partial charge in [0.25, 0.3) is 0 Å². The minimum Gasteiger partial charge on any atom is -0.429 e. The van der Waals surface area contributed by atoms with Crippen LogP contribution in [0.5, 0.6) is 5.75 Å². The van der Waals surface area contributed by atoms with Crippen LogP contribution in [0.15, 0.2) is 30.3 Å². The van der Waals surface area contributed by atoms with Crippen molar-refractivity contribution in [2.75, 3.05) is 0 Å². The molecule has 27 heavy (non-hydrogen) atoms. The van der Waals surface area contributed by atoms with Gasteiger partial charge in [0, 0.05) is 23.8 Å². The molecule has 0 aliphatic rings. The van der Waals surface area contributed by atoms with Gasteiger partial charge in [0.05, 0.1) is 0 Å². The summed E-state index contributed by atoms with van der Waals surface area (Å²) in [6.07, 6.45) is -9.90. The summed E-state index contributed by atoms with van der Waals surface area (Å²) >= 11 is 0. The van der Waals surface area contributed by atoms with Gasteiger partial charge in [-0.1, -0.05) is 0 Å². The van der Waals surface area contributed by atoms with Gasteiger partial charge in [0.2, 0.25) is 0 Å². The van der Waals surface area contributed by atoms with Crippen molar-refractivity contribution in [2.45, 2.75) is 19.2 Å². The SMILES string of the molecule is Cc1cc(F)c(C(F)(F)Oc2cc(F)c(/C=C/C(F)(F)F)c(F)c2)c(F)c1. The molecule has 0 N–H and O–H groups in total. The summed E-state index contributed by atoms with van der Waals surface area (Å²) in [6.45, 7) is 1.24. The van der Waals surface area contributed by atoms with Crippen molar-refractivity contribution >= 4 is 6.08 Å². The number of alkyl halides is 5. The predicted octanol–water partition coefficient (Wildman–Crippen LogP) is 6.26. The number of rotatable bonds is 4. The average molecular weight is 400 g/mol. The topological polar surface area (TPSA) is 9.23 Å². The molecule has 0 atom stereocenters.